The predicted octanol–water partition coefficient (Wildman–Crippen LogP) is 2.62. The molecule has 0 radical (unpaired) electrons. The van der Waals surface area contributed by atoms with Gasteiger partial charge in [-0.15, -0.1) is 0 Å². The standard InChI is InChI=1S/C14H24N2O/c1-13(2)6-7-14(10-13,11-15)16(3)9-12-5-4-8-17-12/h4-5,8H,6-7,9-11,15H2,1-3H3. The highest BCUT2D eigenvalue weighted by Crippen LogP contribution is 2.46. The molecule has 0 aromatic carbocycles. The van der Waals surface area contributed by atoms with Crippen molar-refractivity contribution in [2.75, 3.05) is 13.6 Å². The number of nitrogens with zero attached hydrogens (tertiary/aromatic N) is 1. The second kappa shape index (κ2) is 4.46. The van der Waals surface area contributed by atoms with Crippen LogP contribution in [0.4, 0.5) is 0 Å². The van der Waals surface area contributed by atoms with Gasteiger partial charge in [0.2, 0.25) is 0 Å². The van der Waals surface area contributed by atoms with Crippen LogP contribution in [0.5, 0.6) is 0 Å². The van der Waals surface area contributed by atoms with Crippen molar-refractivity contribution in [1.82, 2.24) is 4.90 Å². The van der Waals surface area contributed by atoms with Gasteiger partial charge in [0.1, 0.15) is 5.76 Å². The fourth-order valence-electron chi connectivity index (χ4n) is 3.10. The van der Waals surface area contributed by atoms with Crippen LogP contribution in [0.3, 0.4) is 0 Å². The summed E-state index contributed by atoms with van der Waals surface area (Å²) < 4.78 is 5.42. The Balaban J connectivity index is 2.08. The van der Waals surface area contributed by atoms with Gasteiger partial charge in [-0.1, -0.05) is 13.8 Å². The van der Waals surface area contributed by atoms with E-state index in [9.17, 15) is 0 Å². The van der Waals surface area contributed by atoms with Gasteiger partial charge in [0.15, 0.2) is 0 Å². The minimum absolute atomic E-state index is 0.149. The van der Waals surface area contributed by atoms with Gasteiger partial charge in [0.05, 0.1) is 12.8 Å². The molecule has 96 valence electrons. The number of likely N-dealkylation sites (N-methyl/N-ethyl adjacent to an activating group) is 1. The molecule has 0 saturated heterocycles. The smallest absolute Gasteiger partial charge is 0.117 e. The van der Waals surface area contributed by atoms with Gasteiger partial charge in [-0.05, 0) is 43.9 Å². The monoisotopic (exact) mass is 236 g/mol. The fraction of sp³-hybridized carbons (Fsp3) is 0.714. The number of furan rings is 1. The molecule has 0 aliphatic heterocycles. The Labute approximate surface area is 104 Å². The summed E-state index contributed by atoms with van der Waals surface area (Å²) in [5.41, 5.74) is 6.61. The van der Waals surface area contributed by atoms with Crippen molar-refractivity contribution in [3.05, 3.63) is 24.2 Å². The van der Waals surface area contributed by atoms with Crippen molar-refractivity contribution < 1.29 is 4.42 Å². The summed E-state index contributed by atoms with van der Waals surface area (Å²) >= 11 is 0. The Kier molecular flexibility index (Phi) is 3.32. The molecule has 1 unspecified atom stereocenters. The molecule has 0 amide bonds. The van der Waals surface area contributed by atoms with E-state index >= 15 is 0 Å². The molecule has 2 rings (SSSR count). The quantitative estimate of drug-likeness (QED) is 0.874. The van der Waals surface area contributed by atoms with Crippen molar-refractivity contribution in [1.29, 1.82) is 0 Å². The molecule has 1 saturated carbocycles. The third-order valence-electron chi connectivity index (χ3n) is 4.24. The first-order valence-corrected chi connectivity index (χ1v) is 6.41. The first-order valence-electron chi connectivity index (χ1n) is 6.41. The maximum Gasteiger partial charge on any atom is 0.117 e. The molecule has 1 aromatic heterocycles. The van der Waals surface area contributed by atoms with E-state index in [1.807, 2.05) is 12.1 Å². The van der Waals surface area contributed by atoms with Crippen LogP contribution in [0.1, 0.15) is 38.9 Å². The van der Waals surface area contributed by atoms with Crippen LogP contribution < -0.4 is 5.73 Å². The molecule has 1 aliphatic carbocycles. The third-order valence-corrected chi connectivity index (χ3v) is 4.24. The van der Waals surface area contributed by atoms with Crippen molar-refractivity contribution in [3.63, 3.8) is 0 Å². The van der Waals surface area contributed by atoms with E-state index in [0.717, 1.165) is 18.8 Å². The number of hydrogen-bond donors (Lipinski definition) is 1. The van der Waals surface area contributed by atoms with E-state index in [1.165, 1.54) is 19.3 Å². The van der Waals surface area contributed by atoms with Crippen LogP contribution in [-0.4, -0.2) is 24.0 Å². The van der Waals surface area contributed by atoms with Gasteiger partial charge in [0, 0.05) is 12.1 Å². The molecule has 1 fully saturated rings. The Morgan fingerprint density at radius 2 is 2.18 bits per heavy atom. The Bertz CT molecular complexity index is 358. The SMILES string of the molecule is CN(Cc1ccco1)C1(CN)CCC(C)(C)C1. The van der Waals surface area contributed by atoms with E-state index < -0.39 is 0 Å². The summed E-state index contributed by atoms with van der Waals surface area (Å²) in [6.07, 6.45) is 5.35. The zero-order chi connectivity index (χ0) is 12.5. The average Bonchev–Trinajstić information content (AvgIpc) is 2.86. The summed E-state index contributed by atoms with van der Waals surface area (Å²) in [6, 6.07) is 3.97. The lowest BCUT2D eigenvalue weighted by Crippen LogP contribution is -2.50. The van der Waals surface area contributed by atoms with Gasteiger partial charge in [-0.2, -0.15) is 0 Å². The number of nitrogens with two attached hydrogens (primary N) is 1. The highest BCUT2D eigenvalue weighted by atomic mass is 16.3. The van der Waals surface area contributed by atoms with E-state index in [2.05, 4.69) is 25.8 Å². The first-order chi connectivity index (χ1) is 7.97. The van der Waals surface area contributed by atoms with Crippen LogP contribution in [0, 0.1) is 5.41 Å². The lowest BCUT2D eigenvalue weighted by Gasteiger charge is -2.38. The lowest BCUT2D eigenvalue weighted by atomic mass is 9.87. The van der Waals surface area contributed by atoms with Crippen LogP contribution in [0.2, 0.25) is 0 Å². The molecular formula is C14H24N2O. The van der Waals surface area contributed by atoms with E-state index in [1.54, 1.807) is 6.26 Å². The number of hydrogen-bond acceptors (Lipinski definition) is 3. The molecule has 3 nitrogen and oxygen atoms in total. The molecule has 1 aromatic rings. The summed E-state index contributed by atoms with van der Waals surface area (Å²) in [5.74, 6) is 1.02. The summed E-state index contributed by atoms with van der Waals surface area (Å²) in [6.45, 7) is 6.25. The maximum atomic E-state index is 6.05. The second-order valence-corrected chi connectivity index (χ2v) is 6.20. The summed E-state index contributed by atoms with van der Waals surface area (Å²) in [4.78, 5) is 2.38. The van der Waals surface area contributed by atoms with Gasteiger partial charge in [0.25, 0.3) is 0 Å². The third kappa shape index (κ3) is 2.55. The number of rotatable bonds is 4. The molecule has 2 N–H and O–H groups in total. The van der Waals surface area contributed by atoms with Crippen molar-refractivity contribution in [2.45, 2.75) is 45.2 Å². The maximum absolute atomic E-state index is 6.05. The topological polar surface area (TPSA) is 42.4 Å². The Morgan fingerprint density at radius 1 is 1.41 bits per heavy atom. The second-order valence-electron chi connectivity index (χ2n) is 6.20. The molecule has 1 aliphatic rings. The van der Waals surface area contributed by atoms with Crippen molar-refractivity contribution >= 4 is 0 Å². The normalized spacial score (nSPS) is 27.8. The largest absolute Gasteiger partial charge is 0.468 e. The highest BCUT2D eigenvalue weighted by Gasteiger charge is 2.44. The zero-order valence-electron chi connectivity index (χ0n) is 11.2. The molecule has 1 heterocycles. The molecule has 0 bridgehead atoms. The van der Waals surface area contributed by atoms with Gasteiger partial charge >= 0.3 is 0 Å². The molecule has 1 atom stereocenters. The first kappa shape index (κ1) is 12.7. The fourth-order valence-corrected chi connectivity index (χ4v) is 3.10. The molecular weight excluding hydrogens is 212 g/mol. The zero-order valence-corrected chi connectivity index (χ0v) is 11.2. The van der Waals surface area contributed by atoms with E-state index in [4.69, 9.17) is 10.2 Å². The van der Waals surface area contributed by atoms with Crippen molar-refractivity contribution in [3.8, 4) is 0 Å². The predicted molar refractivity (Wildman–Crippen MR) is 69.6 cm³/mol. The van der Waals surface area contributed by atoms with Crippen LogP contribution in [0.15, 0.2) is 22.8 Å². The minimum Gasteiger partial charge on any atom is -0.468 e. The van der Waals surface area contributed by atoms with Crippen LogP contribution in [-0.2, 0) is 6.54 Å². The lowest BCUT2D eigenvalue weighted by molar-refractivity contribution is 0.103. The molecule has 3 heteroatoms. The van der Waals surface area contributed by atoms with E-state index in [0.29, 0.717) is 5.41 Å². The molecule has 0 spiro atoms. The van der Waals surface area contributed by atoms with Crippen LogP contribution >= 0.6 is 0 Å². The Morgan fingerprint density at radius 3 is 2.65 bits per heavy atom. The average molecular weight is 236 g/mol. The summed E-state index contributed by atoms with van der Waals surface area (Å²) in [5, 5.41) is 0. The van der Waals surface area contributed by atoms with Gasteiger partial charge in [-0.3, -0.25) is 4.90 Å². The van der Waals surface area contributed by atoms with Gasteiger partial charge in [-0.25, -0.2) is 0 Å². The minimum atomic E-state index is 0.149. The van der Waals surface area contributed by atoms with E-state index in [-0.39, 0.29) is 5.54 Å². The van der Waals surface area contributed by atoms with Gasteiger partial charge < -0.3 is 10.2 Å². The summed E-state index contributed by atoms with van der Waals surface area (Å²) in [7, 11) is 2.16. The molecule has 17 heavy (non-hydrogen) atoms. The Hall–Kier alpha value is -0.800. The van der Waals surface area contributed by atoms with Crippen LogP contribution in [0.25, 0.3) is 0 Å². The van der Waals surface area contributed by atoms with Crippen molar-refractivity contribution in [2.24, 2.45) is 11.1 Å². The highest BCUT2D eigenvalue weighted by molar-refractivity contribution is 5.04.